The molecular formula is C9H8F2N2O2. The highest BCUT2D eigenvalue weighted by atomic mass is 19.3. The highest BCUT2D eigenvalue weighted by molar-refractivity contribution is 5.40. The van der Waals surface area contributed by atoms with Gasteiger partial charge in [-0.05, 0) is 0 Å². The number of methoxy groups -OCH3 is 1. The van der Waals surface area contributed by atoms with E-state index in [1.54, 1.807) is 6.07 Å². The van der Waals surface area contributed by atoms with Gasteiger partial charge in [0.2, 0.25) is 0 Å². The molecule has 0 radical (unpaired) electrons. The van der Waals surface area contributed by atoms with Crippen LogP contribution < -0.4 is 10.3 Å². The Labute approximate surface area is 84.1 Å². The molecule has 6 heteroatoms. The molecule has 0 fully saturated rings. The fraction of sp³-hybridized carbons (Fsp3) is 0.333. The van der Waals surface area contributed by atoms with Gasteiger partial charge in [0.25, 0.3) is 12.0 Å². The number of aromatic nitrogens is 1. The van der Waals surface area contributed by atoms with Crippen LogP contribution >= 0.6 is 0 Å². The highest BCUT2D eigenvalue weighted by Gasteiger charge is 2.19. The standard InChI is InChI=1S/C9H8F2N2O2/c1-15-7-5(2-3-12)9(14)13-4-6(7)8(10)11/h4,8H,2H2,1H3,(H,13,14). The highest BCUT2D eigenvalue weighted by Crippen LogP contribution is 2.29. The molecule has 1 rings (SSSR count). The van der Waals surface area contributed by atoms with Gasteiger partial charge in [0.1, 0.15) is 5.75 Å². The summed E-state index contributed by atoms with van der Waals surface area (Å²) in [5.74, 6) is -0.213. The van der Waals surface area contributed by atoms with E-state index < -0.39 is 17.5 Å². The molecule has 15 heavy (non-hydrogen) atoms. The number of pyridine rings is 1. The molecule has 0 aromatic carbocycles. The van der Waals surface area contributed by atoms with Crippen LogP contribution in [0.4, 0.5) is 8.78 Å². The van der Waals surface area contributed by atoms with E-state index in [0.29, 0.717) is 0 Å². The first-order valence-corrected chi connectivity index (χ1v) is 4.05. The van der Waals surface area contributed by atoms with Gasteiger partial charge < -0.3 is 9.72 Å². The minimum absolute atomic E-state index is 0.0715. The second-order valence-corrected chi connectivity index (χ2v) is 2.72. The van der Waals surface area contributed by atoms with Crippen molar-refractivity contribution in [2.75, 3.05) is 7.11 Å². The van der Waals surface area contributed by atoms with Crippen molar-refractivity contribution in [3.63, 3.8) is 0 Å². The lowest BCUT2D eigenvalue weighted by Gasteiger charge is -2.09. The summed E-state index contributed by atoms with van der Waals surface area (Å²) >= 11 is 0. The molecule has 1 aromatic heterocycles. The Morgan fingerprint density at radius 1 is 1.67 bits per heavy atom. The second kappa shape index (κ2) is 4.55. The molecular weight excluding hydrogens is 206 g/mol. The second-order valence-electron chi connectivity index (χ2n) is 2.72. The predicted octanol–water partition coefficient (Wildman–Crippen LogP) is 1.39. The molecule has 1 heterocycles. The molecule has 0 aliphatic heterocycles. The number of alkyl halides is 2. The van der Waals surface area contributed by atoms with Crippen LogP contribution in [0.15, 0.2) is 11.0 Å². The number of halogens is 2. The minimum atomic E-state index is -2.76. The summed E-state index contributed by atoms with van der Waals surface area (Å²) in [7, 11) is 1.18. The fourth-order valence-electron chi connectivity index (χ4n) is 1.22. The smallest absolute Gasteiger partial charge is 0.268 e. The maximum atomic E-state index is 12.5. The maximum Gasteiger partial charge on any atom is 0.268 e. The lowest BCUT2D eigenvalue weighted by Crippen LogP contribution is -2.15. The Hall–Kier alpha value is -1.90. The van der Waals surface area contributed by atoms with E-state index >= 15 is 0 Å². The van der Waals surface area contributed by atoms with Gasteiger partial charge in [0.05, 0.1) is 30.7 Å². The van der Waals surface area contributed by atoms with Crippen molar-refractivity contribution in [3.8, 4) is 11.8 Å². The maximum absolute atomic E-state index is 12.5. The summed E-state index contributed by atoms with van der Waals surface area (Å²) in [6.07, 6.45) is -2.12. The molecule has 0 bridgehead atoms. The summed E-state index contributed by atoms with van der Waals surface area (Å²) < 4.78 is 29.7. The largest absolute Gasteiger partial charge is 0.496 e. The Morgan fingerprint density at radius 2 is 2.33 bits per heavy atom. The molecule has 1 aromatic rings. The van der Waals surface area contributed by atoms with Crippen molar-refractivity contribution in [1.29, 1.82) is 5.26 Å². The molecule has 0 spiro atoms. The average Bonchev–Trinajstić information content (AvgIpc) is 2.20. The first kappa shape index (κ1) is 11.2. The first-order chi connectivity index (χ1) is 7.11. The first-order valence-electron chi connectivity index (χ1n) is 4.05. The van der Waals surface area contributed by atoms with Gasteiger partial charge in [0.15, 0.2) is 0 Å². The van der Waals surface area contributed by atoms with Crippen molar-refractivity contribution in [2.45, 2.75) is 12.8 Å². The van der Waals surface area contributed by atoms with E-state index in [9.17, 15) is 13.6 Å². The van der Waals surface area contributed by atoms with Crippen LogP contribution in [0, 0.1) is 11.3 Å². The zero-order chi connectivity index (χ0) is 11.4. The fourth-order valence-corrected chi connectivity index (χ4v) is 1.22. The SMILES string of the molecule is COc1c(C(F)F)c[nH]c(=O)c1CC#N. The normalized spacial score (nSPS) is 10.1. The molecule has 0 aliphatic rings. The van der Waals surface area contributed by atoms with Gasteiger partial charge in [-0.3, -0.25) is 4.79 Å². The average molecular weight is 214 g/mol. The summed E-state index contributed by atoms with van der Waals surface area (Å²) in [6.45, 7) is 0. The van der Waals surface area contributed by atoms with E-state index in [0.717, 1.165) is 6.20 Å². The van der Waals surface area contributed by atoms with E-state index in [-0.39, 0.29) is 17.7 Å². The number of nitriles is 1. The summed E-state index contributed by atoms with van der Waals surface area (Å²) in [6, 6.07) is 1.72. The number of H-pyrrole nitrogens is 1. The van der Waals surface area contributed by atoms with E-state index in [4.69, 9.17) is 10.00 Å². The van der Waals surface area contributed by atoms with E-state index in [1.807, 2.05) is 0 Å². The van der Waals surface area contributed by atoms with E-state index in [2.05, 4.69) is 4.98 Å². The minimum Gasteiger partial charge on any atom is -0.496 e. The van der Waals surface area contributed by atoms with Crippen LogP contribution in [-0.2, 0) is 6.42 Å². The summed E-state index contributed by atoms with van der Waals surface area (Å²) in [4.78, 5) is 13.4. The number of rotatable bonds is 3. The van der Waals surface area contributed by atoms with Gasteiger partial charge in [-0.2, -0.15) is 5.26 Å². The van der Waals surface area contributed by atoms with Crippen LogP contribution in [-0.4, -0.2) is 12.1 Å². The van der Waals surface area contributed by atoms with Gasteiger partial charge in [-0.25, -0.2) is 8.78 Å². The Kier molecular flexibility index (Phi) is 3.39. The molecule has 1 N–H and O–H groups in total. The number of nitrogens with zero attached hydrogens (tertiary/aromatic N) is 1. The number of hydrogen-bond acceptors (Lipinski definition) is 3. The van der Waals surface area contributed by atoms with Crippen LogP contribution in [0.3, 0.4) is 0 Å². The van der Waals surface area contributed by atoms with Crippen LogP contribution in [0.1, 0.15) is 17.6 Å². The monoisotopic (exact) mass is 214 g/mol. The van der Waals surface area contributed by atoms with E-state index in [1.165, 1.54) is 7.11 Å². The molecule has 0 amide bonds. The Balaban J connectivity index is 3.41. The lowest BCUT2D eigenvalue weighted by atomic mass is 10.1. The molecule has 0 saturated heterocycles. The van der Waals surface area contributed by atoms with Gasteiger partial charge in [0, 0.05) is 6.20 Å². The van der Waals surface area contributed by atoms with Gasteiger partial charge in [-0.1, -0.05) is 0 Å². The molecule has 0 unspecified atom stereocenters. The Morgan fingerprint density at radius 3 is 2.80 bits per heavy atom. The van der Waals surface area contributed by atoms with Crippen molar-refractivity contribution in [3.05, 3.63) is 27.7 Å². The summed E-state index contributed by atoms with van der Waals surface area (Å²) in [5.41, 5.74) is -1.07. The topological polar surface area (TPSA) is 65.9 Å². The molecule has 80 valence electrons. The van der Waals surface area contributed by atoms with Gasteiger partial charge >= 0.3 is 0 Å². The third-order valence-corrected chi connectivity index (χ3v) is 1.86. The van der Waals surface area contributed by atoms with Crippen molar-refractivity contribution >= 4 is 0 Å². The van der Waals surface area contributed by atoms with Crippen molar-refractivity contribution in [1.82, 2.24) is 4.98 Å². The van der Waals surface area contributed by atoms with Crippen LogP contribution in [0.5, 0.6) is 5.75 Å². The predicted molar refractivity (Wildman–Crippen MR) is 47.9 cm³/mol. The zero-order valence-corrected chi connectivity index (χ0v) is 7.88. The number of hydrogen-bond donors (Lipinski definition) is 1. The van der Waals surface area contributed by atoms with Crippen LogP contribution in [0.25, 0.3) is 0 Å². The quantitative estimate of drug-likeness (QED) is 0.826. The molecule has 4 nitrogen and oxygen atoms in total. The summed E-state index contributed by atoms with van der Waals surface area (Å²) in [5, 5.41) is 8.45. The lowest BCUT2D eigenvalue weighted by molar-refractivity contribution is 0.146. The molecule has 0 atom stereocenters. The van der Waals surface area contributed by atoms with Crippen molar-refractivity contribution in [2.24, 2.45) is 0 Å². The number of aromatic amines is 1. The zero-order valence-electron chi connectivity index (χ0n) is 7.88. The molecule has 0 aliphatic carbocycles. The Bertz CT molecular complexity index is 448. The third kappa shape index (κ3) is 2.13. The number of ether oxygens (including phenoxy) is 1. The van der Waals surface area contributed by atoms with Crippen molar-refractivity contribution < 1.29 is 13.5 Å². The van der Waals surface area contributed by atoms with Gasteiger partial charge in [-0.15, -0.1) is 0 Å². The number of nitrogens with one attached hydrogen (secondary N) is 1. The molecule has 0 saturated carbocycles. The van der Waals surface area contributed by atoms with Crippen LogP contribution in [0.2, 0.25) is 0 Å². The third-order valence-electron chi connectivity index (χ3n) is 1.86.